The average Bonchev–Trinajstić information content (AvgIpc) is 2.45. The first-order valence-corrected chi connectivity index (χ1v) is 5.16. The minimum atomic E-state index is 0.227. The average molecular weight is 208 g/mol. The van der Waals surface area contributed by atoms with Crippen LogP contribution < -0.4 is 5.32 Å². The molecule has 0 atom stereocenters. The van der Waals surface area contributed by atoms with Crippen LogP contribution in [0.1, 0.15) is 33.5 Å². The fourth-order valence-corrected chi connectivity index (χ4v) is 1.19. The van der Waals surface area contributed by atoms with Crippen LogP contribution in [0.15, 0.2) is 12.2 Å². The Balaban J connectivity index is 2.53. The SMILES string of the molecule is C=C(C)CNc1n[nH]c(CC(C)(C)C)n1. The lowest BCUT2D eigenvalue weighted by atomic mass is 9.92. The highest BCUT2D eigenvalue weighted by Crippen LogP contribution is 2.18. The minimum Gasteiger partial charge on any atom is -0.349 e. The van der Waals surface area contributed by atoms with Crippen molar-refractivity contribution in [1.82, 2.24) is 15.2 Å². The van der Waals surface area contributed by atoms with E-state index in [1.807, 2.05) is 6.92 Å². The summed E-state index contributed by atoms with van der Waals surface area (Å²) in [6.45, 7) is 13.0. The fraction of sp³-hybridized carbons (Fsp3) is 0.636. The summed E-state index contributed by atoms with van der Waals surface area (Å²) in [4.78, 5) is 4.35. The highest BCUT2D eigenvalue weighted by molar-refractivity contribution is 5.25. The molecule has 0 aliphatic heterocycles. The van der Waals surface area contributed by atoms with Gasteiger partial charge in [0.1, 0.15) is 5.82 Å². The fourth-order valence-electron chi connectivity index (χ4n) is 1.19. The molecule has 0 fully saturated rings. The van der Waals surface area contributed by atoms with Gasteiger partial charge in [-0.1, -0.05) is 32.9 Å². The standard InChI is InChI=1S/C11H20N4/c1-8(2)7-12-10-13-9(14-15-10)6-11(3,4)5/h1,6-7H2,2-5H3,(H2,12,13,14,15). The molecule has 0 aromatic carbocycles. The van der Waals surface area contributed by atoms with E-state index in [9.17, 15) is 0 Å². The lowest BCUT2D eigenvalue weighted by Crippen LogP contribution is -2.10. The number of aromatic amines is 1. The van der Waals surface area contributed by atoms with Crippen molar-refractivity contribution >= 4 is 5.95 Å². The molecule has 1 aromatic heterocycles. The van der Waals surface area contributed by atoms with Crippen LogP contribution in [0.25, 0.3) is 0 Å². The van der Waals surface area contributed by atoms with E-state index in [2.05, 4.69) is 47.8 Å². The summed E-state index contributed by atoms with van der Waals surface area (Å²) in [6, 6.07) is 0. The van der Waals surface area contributed by atoms with Gasteiger partial charge in [-0.25, -0.2) is 0 Å². The van der Waals surface area contributed by atoms with E-state index in [-0.39, 0.29) is 5.41 Å². The zero-order valence-electron chi connectivity index (χ0n) is 10.0. The van der Waals surface area contributed by atoms with Gasteiger partial charge in [0.2, 0.25) is 5.95 Å². The van der Waals surface area contributed by atoms with Crippen molar-refractivity contribution < 1.29 is 0 Å². The molecule has 0 saturated heterocycles. The third-order valence-electron chi connectivity index (χ3n) is 1.78. The van der Waals surface area contributed by atoms with E-state index >= 15 is 0 Å². The maximum Gasteiger partial charge on any atom is 0.242 e. The zero-order valence-corrected chi connectivity index (χ0v) is 10.0. The Labute approximate surface area is 91.2 Å². The van der Waals surface area contributed by atoms with Gasteiger partial charge < -0.3 is 5.32 Å². The maximum absolute atomic E-state index is 4.35. The van der Waals surface area contributed by atoms with Gasteiger partial charge in [0.05, 0.1) is 0 Å². The van der Waals surface area contributed by atoms with E-state index < -0.39 is 0 Å². The van der Waals surface area contributed by atoms with Gasteiger partial charge in [-0.2, -0.15) is 4.98 Å². The van der Waals surface area contributed by atoms with Crippen LogP contribution in [0, 0.1) is 5.41 Å². The summed E-state index contributed by atoms with van der Waals surface area (Å²) in [5.74, 6) is 1.57. The second-order valence-electron chi connectivity index (χ2n) is 5.15. The predicted molar refractivity (Wildman–Crippen MR) is 62.8 cm³/mol. The lowest BCUT2D eigenvalue weighted by molar-refractivity contribution is 0.401. The van der Waals surface area contributed by atoms with Crippen LogP contribution in [0.5, 0.6) is 0 Å². The Hall–Kier alpha value is -1.32. The quantitative estimate of drug-likeness (QED) is 0.747. The van der Waals surface area contributed by atoms with Crippen molar-refractivity contribution in [3.05, 3.63) is 18.0 Å². The largest absolute Gasteiger partial charge is 0.349 e. The van der Waals surface area contributed by atoms with Gasteiger partial charge in [0.25, 0.3) is 0 Å². The number of rotatable bonds is 4. The first-order chi connectivity index (χ1) is 6.87. The van der Waals surface area contributed by atoms with Gasteiger partial charge in [0, 0.05) is 13.0 Å². The van der Waals surface area contributed by atoms with Gasteiger partial charge in [-0.15, -0.1) is 5.10 Å². The number of H-pyrrole nitrogens is 1. The van der Waals surface area contributed by atoms with E-state index in [1.165, 1.54) is 0 Å². The number of aromatic nitrogens is 3. The van der Waals surface area contributed by atoms with E-state index in [0.29, 0.717) is 12.5 Å². The van der Waals surface area contributed by atoms with E-state index in [0.717, 1.165) is 17.8 Å². The van der Waals surface area contributed by atoms with Gasteiger partial charge in [-0.3, -0.25) is 5.10 Å². The van der Waals surface area contributed by atoms with Gasteiger partial charge >= 0.3 is 0 Å². The van der Waals surface area contributed by atoms with Crippen molar-refractivity contribution in [1.29, 1.82) is 0 Å². The Morgan fingerprint density at radius 3 is 2.67 bits per heavy atom. The molecule has 1 heterocycles. The van der Waals surface area contributed by atoms with Crippen molar-refractivity contribution in [2.45, 2.75) is 34.1 Å². The first-order valence-electron chi connectivity index (χ1n) is 5.16. The summed E-state index contributed by atoms with van der Waals surface area (Å²) < 4.78 is 0. The first kappa shape index (κ1) is 11.8. The molecule has 4 heteroatoms. The molecule has 0 radical (unpaired) electrons. The third-order valence-corrected chi connectivity index (χ3v) is 1.78. The van der Waals surface area contributed by atoms with Crippen molar-refractivity contribution in [2.75, 3.05) is 11.9 Å². The van der Waals surface area contributed by atoms with E-state index in [4.69, 9.17) is 0 Å². The predicted octanol–water partition coefficient (Wildman–Crippen LogP) is 2.38. The molecule has 0 unspecified atom stereocenters. The number of hydrogen-bond acceptors (Lipinski definition) is 3. The molecule has 0 aliphatic carbocycles. The Bertz CT molecular complexity index is 333. The molecule has 1 rings (SSSR count). The maximum atomic E-state index is 4.35. The molecule has 15 heavy (non-hydrogen) atoms. The Morgan fingerprint density at radius 2 is 2.13 bits per heavy atom. The van der Waals surface area contributed by atoms with Crippen LogP contribution in [0.2, 0.25) is 0 Å². The van der Waals surface area contributed by atoms with Gasteiger partial charge in [-0.05, 0) is 12.3 Å². The summed E-state index contributed by atoms with van der Waals surface area (Å²) in [5, 5.41) is 10.1. The highest BCUT2D eigenvalue weighted by atomic mass is 15.3. The van der Waals surface area contributed by atoms with Gasteiger partial charge in [0.15, 0.2) is 0 Å². The summed E-state index contributed by atoms with van der Waals surface area (Å²) in [5.41, 5.74) is 1.29. The van der Waals surface area contributed by atoms with Crippen LogP contribution in [0.4, 0.5) is 5.95 Å². The van der Waals surface area contributed by atoms with E-state index in [1.54, 1.807) is 0 Å². The smallest absolute Gasteiger partial charge is 0.242 e. The van der Waals surface area contributed by atoms with Crippen LogP contribution in [-0.4, -0.2) is 21.7 Å². The zero-order chi connectivity index (χ0) is 11.5. The molecular formula is C11H20N4. The van der Waals surface area contributed by atoms with Crippen LogP contribution in [0.3, 0.4) is 0 Å². The summed E-state index contributed by atoms with van der Waals surface area (Å²) in [7, 11) is 0. The number of hydrogen-bond donors (Lipinski definition) is 2. The second kappa shape index (κ2) is 4.47. The number of nitrogens with zero attached hydrogens (tertiary/aromatic N) is 2. The second-order valence-corrected chi connectivity index (χ2v) is 5.15. The molecule has 84 valence electrons. The molecule has 0 amide bonds. The molecule has 0 spiro atoms. The van der Waals surface area contributed by atoms with Crippen molar-refractivity contribution in [3.8, 4) is 0 Å². The Kier molecular flexibility index (Phi) is 3.50. The lowest BCUT2D eigenvalue weighted by Gasteiger charge is -2.14. The third kappa shape index (κ3) is 4.63. The molecule has 1 aromatic rings. The minimum absolute atomic E-state index is 0.227. The number of nitrogens with one attached hydrogen (secondary N) is 2. The molecule has 0 aliphatic rings. The summed E-state index contributed by atoms with van der Waals surface area (Å²) in [6.07, 6.45) is 0.898. The highest BCUT2D eigenvalue weighted by Gasteiger charge is 2.14. The van der Waals surface area contributed by atoms with Crippen LogP contribution >= 0.6 is 0 Å². The monoisotopic (exact) mass is 208 g/mol. The Morgan fingerprint density at radius 1 is 1.47 bits per heavy atom. The van der Waals surface area contributed by atoms with Crippen molar-refractivity contribution in [2.24, 2.45) is 5.41 Å². The molecule has 4 nitrogen and oxygen atoms in total. The molecule has 2 N–H and O–H groups in total. The van der Waals surface area contributed by atoms with Crippen LogP contribution in [-0.2, 0) is 6.42 Å². The topological polar surface area (TPSA) is 53.6 Å². The number of anilines is 1. The molecule has 0 saturated carbocycles. The molecule has 0 bridgehead atoms. The molecular weight excluding hydrogens is 188 g/mol. The van der Waals surface area contributed by atoms with Crippen molar-refractivity contribution in [3.63, 3.8) is 0 Å². The normalized spacial score (nSPS) is 11.5. The summed E-state index contributed by atoms with van der Waals surface area (Å²) >= 11 is 0.